The van der Waals surface area contributed by atoms with E-state index >= 15 is 0 Å². The number of hydrogen-bond donors (Lipinski definition) is 1. The number of thiophene rings is 2. The van der Waals surface area contributed by atoms with Gasteiger partial charge >= 0.3 is 0 Å². The van der Waals surface area contributed by atoms with Gasteiger partial charge in [-0.1, -0.05) is 44.2 Å². The third-order valence-electron chi connectivity index (χ3n) is 6.32. The molecule has 0 fully saturated rings. The van der Waals surface area contributed by atoms with Gasteiger partial charge in [-0.3, -0.25) is 4.79 Å². The summed E-state index contributed by atoms with van der Waals surface area (Å²) in [4.78, 5) is 25.4. The van der Waals surface area contributed by atoms with Crippen LogP contribution in [0.25, 0.3) is 16.1 Å². The molecule has 35 heavy (non-hydrogen) atoms. The molecule has 0 saturated carbocycles. The van der Waals surface area contributed by atoms with Crippen LogP contribution in [-0.2, 0) is 12.8 Å². The van der Waals surface area contributed by atoms with Crippen molar-refractivity contribution in [1.82, 2.24) is 4.98 Å². The molecule has 1 aliphatic heterocycles. The van der Waals surface area contributed by atoms with Crippen LogP contribution in [0.3, 0.4) is 0 Å². The summed E-state index contributed by atoms with van der Waals surface area (Å²) in [7, 11) is 0. The summed E-state index contributed by atoms with van der Waals surface area (Å²) in [6, 6.07) is 19.1. The van der Waals surface area contributed by atoms with Gasteiger partial charge in [-0.25, -0.2) is 4.99 Å². The van der Waals surface area contributed by atoms with Crippen LogP contribution < -0.4 is 0 Å². The number of rotatable bonds is 7. The molecule has 1 aliphatic rings. The van der Waals surface area contributed by atoms with E-state index in [0.29, 0.717) is 0 Å². The minimum atomic E-state index is 0.725. The maximum Gasteiger partial charge on any atom is 0.151 e. The van der Waals surface area contributed by atoms with Gasteiger partial charge < -0.3 is 4.98 Å². The lowest BCUT2D eigenvalue weighted by Crippen LogP contribution is -1.99. The Labute approximate surface area is 214 Å². The fraction of sp³-hybridized carbons (Fsp3) is 0.200. The topological polar surface area (TPSA) is 45.2 Å². The van der Waals surface area contributed by atoms with Crippen LogP contribution >= 0.6 is 22.7 Å². The Bertz CT molecular complexity index is 1490. The first-order chi connectivity index (χ1) is 17.0. The molecule has 1 N–H and O–H groups in total. The molecular weight excluding hydrogens is 468 g/mol. The summed E-state index contributed by atoms with van der Waals surface area (Å²) in [6.07, 6.45) is 5.05. The highest BCUT2D eigenvalue weighted by Crippen LogP contribution is 2.38. The highest BCUT2D eigenvalue weighted by Gasteiger charge is 2.23. The monoisotopic (exact) mass is 496 g/mol. The predicted octanol–water partition coefficient (Wildman–Crippen LogP) is 8.26. The molecule has 4 aromatic rings. The standard InChI is InChI=1S/C30H28N2OS2/c1-5-22-12-13-26(34-22)28-18(3)14-24(31-28)27(20-10-8-7-9-11-20)25-15-19(4)29(32-25)30-21(17-33)16-23(6-2)35-30/h7-17,31H,5-6H2,1-4H3/b27-25+. The highest BCUT2D eigenvalue weighted by molar-refractivity contribution is 7.15. The number of nitrogens with one attached hydrogen (secondary N) is 1. The van der Waals surface area contributed by atoms with Gasteiger partial charge in [0.25, 0.3) is 0 Å². The van der Waals surface area contributed by atoms with Crippen molar-refractivity contribution in [1.29, 1.82) is 0 Å². The van der Waals surface area contributed by atoms with Crippen LogP contribution in [0.5, 0.6) is 0 Å². The summed E-state index contributed by atoms with van der Waals surface area (Å²) in [5.41, 5.74) is 9.23. The van der Waals surface area contributed by atoms with Crippen molar-refractivity contribution < 1.29 is 4.79 Å². The maximum absolute atomic E-state index is 11.8. The zero-order valence-corrected chi connectivity index (χ0v) is 22.1. The molecular formula is C30H28N2OS2. The maximum atomic E-state index is 11.8. The minimum Gasteiger partial charge on any atom is -0.354 e. The van der Waals surface area contributed by atoms with Gasteiger partial charge in [0.1, 0.15) is 0 Å². The lowest BCUT2D eigenvalue weighted by molar-refractivity contribution is 0.112. The number of benzene rings is 1. The first-order valence-electron chi connectivity index (χ1n) is 12.0. The van der Waals surface area contributed by atoms with E-state index in [1.54, 1.807) is 11.3 Å². The van der Waals surface area contributed by atoms with Crippen molar-refractivity contribution in [3.8, 4) is 10.6 Å². The number of aromatic amines is 1. The second-order valence-corrected chi connectivity index (χ2v) is 11.0. The number of aliphatic imine (C=N–C) groups is 1. The van der Waals surface area contributed by atoms with Crippen molar-refractivity contribution in [3.63, 3.8) is 0 Å². The summed E-state index contributed by atoms with van der Waals surface area (Å²) in [6.45, 7) is 8.55. The quantitative estimate of drug-likeness (QED) is 0.257. The number of aldehydes is 1. The van der Waals surface area contributed by atoms with E-state index < -0.39 is 0 Å². The molecule has 5 rings (SSSR count). The van der Waals surface area contributed by atoms with Crippen molar-refractivity contribution in [3.05, 3.63) is 109 Å². The van der Waals surface area contributed by atoms with Crippen LogP contribution in [0.1, 0.15) is 62.6 Å². The van der Waals surface area contributed by atoms with Gasteiger partial charge in [0.05, 0.1) is 26.9 Å². The molecule has 0 spiro atoms. The van der Waals surface area contributed by atoms with Gasteiger partial charge in [0.15, 0.2) is 6.29 Å². The predicted molar refractivity (Wildman–Crippen MR) is 150 cm³/mol. The fourth-order valence-corrected chi connectivity index (χ4v) is 6.61. The fourth-order valence-electron chi connectivity index (χ4n) is 4.47. The molecule has 0 amide bonds. The normalized spacial score (nSPS) is 14.7. The average molecular weight is 497 g/mol. The number of aryl methyl sites for hydroxylation is 3. The number of H-pyrrole nitrogens is 1. The third-order valence-corrected chi connectivity index (χ3v) is 8.87. The lowest BCUT2D eigenvalue weighted by atomic mass is 10.00. The number of hydrogen-bond acceptors (Lipinski definition) is 4. The third kappa shape index (κ3) is 4.42. The molecule has 0 bridgehead atoms. The van der Waals surface area contributed by atoms with E-state index in [0.717, 1.165) is 69.1 Å². The van der Waals surface area contributed by atoms with Crippen LogP contribution in [0.15, 0.2) is 76.9 Å². The zero-order chi connectivity index (χ0) is 24.5. The van der Waals surface area contributed by atoms with Crippen LogP contribution in [0.2, 0.25) is 0 Å². The van der Waals surface area contributed by atoms with E-state index in [4.69, 9.17) is 4.99 Å². The van der Waals surface area contributed by atoms with Crippen LogP contribution in [0, 0.1) is 6.92 Å². The Morgan fingerprint density at radius 2 is 1.74 bits per heavy atom. The molecule has 0 unspecified atom stereocenters. The molecule has 3 nitrogen and oxygen atoms in total. The Balaban J connectivity index is 1.68. The molecule has 0 aliphatic carbocycles. The Morgan fingerprint density at radius 1 is 0.971 bits per heavy atom. The summed E-state index contributed by atoms with van der Waals surface area (Å²) in [5.74, 6) is 0. The number of nitrogens with zero attached hydrogens (tertiary/aromatic N) is 1. The van der Waals surface area contributed by atoms with Crippen LogP contribution in [-0.4, -0.2) is 17.0 Å². The molecule has 3 aromatic heterocycles. The molecule has 4 heterocycles. The number of carbonyl (C=O) groups excluding carboxylic acids is 1. The molecule has 1 aromatic carbocycles. The van der Waals surface area contributed by atoms with E-state index in [1.807, 2.05) is 23.5 Å². The molecule has 176 valence electrons. The van der Waals surface area contributed by atoms with E-state index in [9.17, 15) is 4.79 Å². The first kappa shape index (κ1) is 23.5. The molecule has 5 heteroatoms. The first-order valence-corrected chi connectivity index (χ1v) is 13.6. The zero-order valence-electron chi connectivity index (χ0n) is 20.4. The highest BCUT2D eigenvalue weighted by atomic mass is 32.1. The van der Waals surface area contributed by atoms with E-state index in [-0.39, 0.29) is 0 Å². The van der Waals surface area contributed by atoms with Crippen molar-refractivity contribution in [2.75, 3.05) is 0 Å². The van der Waals surface area contributed by atoms with Gasteiger partial charge in [-0.15, -0.1) is 22.7 Å². The van der Waals surface area contributed by atoms with E-state index in [2.05, 4.69) is 81.2 Å². The van der Waals surface area contributed by atoms with E-state index in [1.165, 1.54) is 20.2 Å². The molecule has 0 radical (unpaired) electrons. The Hall–Kier alpha value is -3.28. The van der Waals surface area contributed by atoms with Crippen molar-refractivity contribution in [2.45, 2.75) is 40.5 Å². The van der Waals surface area contributed by atoms with Crippen molar-refractivity contribution in [2.24, 2.45) is 4.99 Å². The summed E-state index contributed by atoms with van der Waals surface area (Å²) in [5, 5.41) is 0. The minimum absolute atomic E-state index is 0.725. The van der Waals surface area contributed by atoms with Crippen LogP contribution in [0.4, 0.5) is 0 Å². The summed E-state index contributed by atoms with van der Waals surface area (Å²) < 4.78 is 0. The second kappa shape index (κ2) is 9.76. The van der Waals surface area contributed by atoms with Gasteiger partial charge in [0, 0.05) is 26.6 Å². The smallest absolute Gasteiger partial charge is 0.151 e. The molecule has 0 atom stereocenters. The lowest BCUT2D eigenvalue weighted by Gasteiger charge is -2.08. The number of allylic oxidation sites excluding steroid dienone is 2. The van der Waals surface area contributed by atoms with Gasteiger partial charge in [-0.2, -0.15) is 0 Å². The van der Waals surface area contributed by atoms with Gasteiger partial charge in [0.2, 0.25) is 0 Å². The Morgan fingerprint density at radius 3 is 2.43 bits per heavy atom. The Kier molecular flexibility index (Phi) is 6.54. The SMILES string of the molecule is CCc1ccc(-c2[nH]c(/C(=C3\C=C(C)C(c4sc(CC)cc4C=O)=N3)c3ccccc3)cc2C)s1. The largest absolute Gasteiger partial charge is 0.354 e. The van der Waals surface area contributed by atoms with Gasteiger partial charge in [-0.05, 0) is 73.7 Å². The summed E-state index contributed by atoms with van der Waals surface area (Å²) >= 11 is 3.51. The number of aromatic nitrogens is 1. The second-order valence-electron chi connectivity index (χ2n) is 8.74. The van der Waals surface area contributed by atoms with Crippen molar-refractivity contribution >= 4 is 40.2 Å². The number of carbonyl (C=O) groups is 1. The molecule has 0 saturated heterocycles. The average Bonchev–Trinajstić information content (AvgIpc) is 3.65.